The fraction of sp³-hybridized carbons (Fsp3) is 0.111. The van der Waals surface area contributed by atoms with E-state index >= 15 is 0 Å². The van der Waals surface area contributed by atoms with Crippen molar-refractivity contribution >= 4 is 23.9 Å². The normalized spacial score (nSPS) is 14.9. The molecule has 106 valence electrons. The van der Waals surface area contributed by atoms with Gasteiger partial charge < -0.3 is 15.0 Å². The Bertz CT molecular complexity index is 723. The summed E-state index contributed by atoms with van der Waals surface area (Å²) >= 11 is 0. The number of benzene rings is 1. The lowest BCUT2D eigenvalue weighted by Crippen LogP contribution is -1.99. The first-order valence-corrected chi connectivity index (χ1v) is 6.98. The average Bonchev–Trinajstić information content (AvgIpc) is 2.86. The predicted molar refractivity (Wildman–Crippen MR) is 89.0 cm³/mol. The highest BCUT2D eigenvalue weighted by atomic mass is 16.5. The number of aromatic nitrogens is 1. The van der Waals surface area contributed by atoms with Crippen LogP contribution in [0.3, 0.4) is 0 Å². The minimum atomic E-state index is 0.516. The molecule has 0 saturated heterocycles. The number of para-hydroxylation sites is 2. The Labute approximate surface area is 124 Å². The van der Waals surface area contributed by atoms with E-state index in [1.165, 1.54) is 0 Å². The third kappa shape index (κ3) is 2.50. The molecule has 0 atom stereocenters. The number of hydrogen-bond acceptors (Lipinski definition) is 2. The van der Waals surface area contributed by atoms with Crippen molar-refractivity contribution in [3.05, 3.63) is 65.6 Å². The van der Waals surface area contributed by atoms with Crippen LogP contribution in [0.1, 0.15) is 29.4 Å². The van der Waals surface area contributed by atoms with Crippen LogP contribution >= 0.6 is 0 Å². The molecule has 1 aliphatic rings. The summed E-state index contributed by atoms with van der Waals surface area (Å²) in [6, 6.07) is 7.93. The third-order valence-electron chi connectivity index (χ3n) is 3.50. The number of hydrogen-bond donors (Lipinski definition) is 2. The second kappa shape index (κ2) is 5.75. The van der Waals surface area contributed by atoms with E-state index in [1.807, 2.05) is 55.6 Å². The standard InChI is InChI=1S/C18H18N2O/c1-3-7-13-14-12-21-18-9-6-5-8-17(18)19-11-10-16(14)20-15(13)4-2/h3-11,19-20H,2,12H2,1H3/b7-3-,11-10-. The Hall–Kier alpha value is -2.68. The first-order valence-electron chi connectivity index (χ1n) is 6.98. The molecule has 2 heterocycles. The lowest BCUT2D eigenvalue weighted by Gasteiger charge is -2.10. The summed E-state index contributed by atoms with van der Waals surface area (Å²) in [6.07, 6.45) is 9.90. The molecule has 3 heteroatoms. The van der Waals surface area contributed by atoms with E-state index in [0.717, 1.165) is 34.0 Å². The van der Waals surface area contributed by atoms with Gasteiger partial charge in [0.2, 0.25) is 0 Å². The molecule has 3 nitrogen and oxygen atoms in total. The van der Waals surface area contributed by atoms with Gasteiger partial charge in [0, 0.05) is 28.7 Å². The minimum Gasteiger partial charge on any atom is -0.487 e. The van der Waals surface area contributed by atoms with Gasteiger partial charge in [-0.2, -0.15) is 0 Å². The monoisotopic (exact) mass is 278 g/mol. The van der Waals surface area contributed by atoms with Crippen molar-refractivity contribution in [3.8, 4) is 5.75 Å². The van der Waals surface area contributed by atoms with Crippen molar-refractivity contribution in [3.63, 3.8) is 0 Å². The molecule has 0 spiro atoms. The van der Waals surface area contributed by atoms with E-state index in [2.05, 4.69) is 23.0 Å². The number of fused-ring (bicyclic) bond motifs is 2. The molecule has 0 unspecified atom stereocenters. The van der Waals surface area contributed by atoms with Gasteiger partial charge in [-0.25, -0.2) is 0 Å². The Kier molecular flexibility index (Phi) is 3.65. The maximum atomic E-state index is 5.99. The van der Waals surface area contributed by atoms with Gasteiger partial charge in [-0.05, 0) is 31.2 Å². The summed E-state index contributed by atoms with van der Waals surface area (Å²) in [4.78, 5) is 3.38. The van der Waals surface area contributed by atoms with Crippen molar-refractivity contribution in [1.82, 2.24) is 4.98 Å². The van der Waals surface area contributed by atoms with E-state index in [4.69, 9.17) is 4.74 Å². The predicted octanol–water partition coefficient (Wildman–Crippen LogP) is 4.67. The molecule has 0 fully saturated rings. The molecule has 1 aromatic carbocycles. The number of H-pyrrole nitrogens is 1. The Morgan fingerprint density at radius 3 is 2.95 bits per heavy atom. The van der Waals surface area contributed by atoms with Crippen LogP contribution in [0.2, 0.25) is 0 Å². The topological polar surface area (TPSA) is 37.0 Å². The molecule has 1 aromatic heterocycles. The van der Waals surface area contributed by atoms with E-state index < -0.39 is 0 Å². The van der Waals surface area contributed by atoms with Crippen LogP contribution in [0.4, 0.5) is 5.69 Å². The van der Waals surface area contributed by atoms with E-state index in [1.54, 1.807) is 0 Å². The molecule has 0 saturated carbocycles. The van der Waals surface area contributed by atoms with Gasteiger partial charge in [0.15, 0.2) is 0 Å². The lowest BCUT2D eigenvalue weighted by molar-refractivity contribution is 0.307. The first kappa shape index (κ1) is 13.3. The average molecular weight is 278 g/mol. The summed E-state index contributed by atoms with van der Waals surface area (Å²) in [5.74, 6) is 0.850. The van der Waals surface area contributed by atoms with Crippen molar-refractivity contribution in [2.24, 2.45) is 0 Å². The maximum absolute atomic E-state index is 5.99. The Morgan fingerprint density at radius 2 is 2.14 bits per heavy atom. The second-order valence-corrected chi connectivity index (χ2v) is 4.81. The number of allylic oxidation sites excluding steroid dienone is 1. The van der Waals surface area contributed by atoms with Crippen LogP contribution in [0, 0.1) is 0 Å². The van der Waals surface area contributed by atoms with Crippen LogP contribution in [-0.4, -0.2) is 4.98 Å². The van der Waals surface area contributed by atoms with Gasteiger partial charge in [-0.15, -0.1) is 0 Å². The number of rotatable bonds is 2. The van der Waals surface area contributed by atoms with Crippen LogP contribution in [0.25, 0.3) is 18.2 Å². The fourth-order valence-corrected chi connectivity index (χ4v) is 2.49. The summed E-state index contributed by atoms with van der Waals surface area (Å²) in [6.45, 7) is 6.40. The van der Waals surface area contributed by atoms with E-state index in [-0.39, 0.29) is 0 Å². The van der Waals surface area contributed by atoms with Crippen molar-refractivity contribution in [2.45, 2.75) is 13.5 Å². The molecule has 0 aliphatic carbocycles. The molecule has 21 heavy (non-hydrogen) atoms. The molecule has 0 amide bonds. The molecular weight excluding hydrogens is 260 g/mol. The van der Waals surface area contributed by atoms with Gasteiger partial charge in [-0.1, -0.05) is 30.9 Å². The zero-order chi connectivity index (χ0) is 14.7. The van der Waals surface area contributed by atoms with Crippen molar-refractivity contribution in [2.75, 3.05) is 5.32 Å². The quantitative estimate of drug-likeness (QED) is 0.838. The first-order chi connectivity index (χ1) is 10.3. The number of ether oxygens (including phenoxy) is 1. The zero-order valence-corrected chi connectivity index (χ0v) is 12.0. The van der Waals surface area contributed by atoms with Gasteiger partial charge in [0.25, 0.3) is 0 Å². The number of aromatic amines is 1. The summed E-state index contributed by atoms with van der Waals surface area (Å²) in [7, 11) is 0. The molecule has 1 aliphatic heterocycles. The largest absolute Gasteiger partial charge is 0.487 e. The number of nitrogens with one attached hydrogen (secondary N) is 2. The lowest BCUT2D eigenvalue weighted by atomic mass is 10.1. The van der Waals surface area contributed by atoms with E-state index in [9.17, 15) is 0 Å². The van der Waals surface area contributed by atoms with Gasteiger partial charge in [0.1, 0.15) is 12.4 Å². The minimum absolute atomic E-state index is 0.516. The van der Waals surface area contributed by atoms with Crippen molar-refractivity contribution in [1.29, 1.82) is 0 Å². The van der Waals surface area contributed by atoms with Crippen LogP contribution in [0.5, 0.6) is 5.75 Å². The third-order valence-corrected chi connectivity index (χ3v) is 3.50. The van der Waals surface area contributed by atoms with Crippen LogP contribution < -0.4 is 10.1 Å². The van der Waals surface area contributed by atoms with Crippen LogP contribution in [0.15, 0.2) is 43.1 Å². The molecule has 0 bridgehead atoms. The van der Waals surface area contributed by atoms with Gasteiger partial charge >= 0.3 is 0 Å². The highest BCUT2D eigenvalue weighted by Crippen LogP contribution is 2.30. The van der Waals surface area contributed by atoms with Gasteiger partial charge in [-0.3, -0.25) is 0 Å². The fourth-order valence-electron chi connectivity index (χ4n) is 2.49. The zero-order valence-electron chi connectivity index (χ0n) is 12.0. The molecule has 3 rings (SSSR count). The SMILES string of the molecule is C=Cc1[nH]c2c(c1/C=C\C)COc1ccccc1N/C=C\2. The summed E-state index contributed by atoms with van der Waals surface area (Å²) in [5, 5.41) is 3.26. The maximum Gasteiger partial charge on any atom is 0.143 e. The summed E-state index contributed by atoms with van der Waals surface area (Å²) < 4.78 is 5.99. The van der Waals surface area contributed by atoms with E-state index in [0.29, 0.717) is 6.61 Å². The smallest absolute Gasteiger partial charge is 0.143 e. The van der Waals surface area contributed by atoms with Crippen LogP contribution in [-0.2, 0) is 6.61 Å². The molecule has 2 N–H and O–H groups in total. The highest BCUT2D eigenvalue weighted by Gasteiger charge is 2.15. The Morgan fingerprint density at radius 1 is 1.29 bits per heavy atom. The molecular formula is C18H18N2O. The highest BCUT2D eigenvalue weighted by molar-refractivity contribution is 5.72. The second-order valence-electron chi connectivity index (χ2n) is 4.81. The van der Waals surface area contributed by atoms with Gasteiger partial charge in [0.05, 0.1) is 5.69 Å². The van der Waals surface area contributed by atoms with Crippen molar-refractivity contribution < 1.29 is 4.74 Å². The Balaban J connectivity index is 2.07. The molecule has 2 aromatic rings. The number of anilines is 1. The molecule has 0 radical (unpaired) electrons. The summed E-state index contributed by atoms with van der Waals surface area (Å²) in [5.41, 5.74) is 5.29.